The number of hydrogen-bond donors (Lipinski definition) is 1. The Labute approximate surface area is 205 Å². The van der Waals surface area contributed by atoms with Crippen molar-refractivity contribution in [3.63, 3.8) is 0 Å². The van der Waals surface area contributed by atoms with Gasteiger partial charge in [-0.15, -0.1) is 23.1 Å². The Bertz CT molecular complexity index is 1250. The van der Waals surface area contributed by atoms with E-state index in [-0.39, 0.29) is 23.7 Å². The van der Waals surface area contributed by atoms with Gasteiger partial charge in [-0.05, 0) is 47.3 Å². The fourth-order valence-corrected chi connectivity index (χ4v) is 7.97. The molecule has 33 heavy (non-hydrogen) atoms. The lowest BCUT2D eigenvalue weighted by atomic mass is 9.70. The van der Waals surface area contributed by atoms with Crippen LogP contribution in [-0.2, 0) is 10.3 Å². The Morgan fingerprint density at radius 2 is 2.03 bits per heavy atom. The molecule has 3 aliphatic rings. The molecule has 6 rings (SSSR count). The molecule has 0 unspecified atom stereocenters. The molecule has 1 N–H and O–H groups in total. The number of ether oxygens (including phenoxy) is 1. The van der Waals surface area contributed by atoms with Crippen LogP contribution in [0, 0.1) is 5.92 Å². The fraction of sp³-hybridized carbons (Fsp3) is 0.280. The fourth-order valence-electron chi connectivity index (χ4n) is 5.81. The molecule has 5 nitrogen and oxygen atoms in total. The van der Waals surface area contributed by atoms with Crippen LogP contribution >= 0.6 is 34.7 Å². The highest BCUT2D eigenvalue weighted by molar-refractivity contribution is 7.99. The maximum absolute atomic E-state index is 14.2. The van der Waals surface area contributed by atoms with Crippen molar-refractivity contribution >= 4 is 52.1 Å². The summed E-state index contributed by atoms with van der Waals surface area (Å²) < 4.78 is 5.52. The van der Waals surface area contributed by atoms with Crippen molar-refractivity contribution < 1.29 is 14.3 Å². The number of methoxy groups -OCH3 is 1. The quantitative estimate of drug-likeness (QED) is 0.501. The molecule has 3 aliphatic heterocycles. The zero-order valence-electron chi connectivity index (χ0n) is 17.8. The molecular weight excluding hydrogens is 476 g/mol. The van der Waals surface area contributed by atoms with Gasteiger partial charge in [-0.2, -0.15) is 0 Å². The molecule has 2 fully saturated rings. The minimum Gasteiger partial charge on any atom is -0.497 e. The number of carbonyl (C=O) groups excluding carboxylic acids is 2. The molecule has 2 saturated heterocycles. The van der Waals surface area contributed by atoms with E-state index in [1.54, 1.807) is 18.9 Å². The predicted molar refractivity (Wildman–Crippen MR) is 133 cm³/mol. The number of rotatable bonds is 4. The summed E-state index contributed by atoms with van der Waals surface area (Å²) in [7, 11) is 1.62. The number of Topliss-reactive ketones (excluding diaryl/α,β-unsaturated/α-hetero) is 1. The highest BCUT2D eigenvalue weighted by Gasteiger charge is 2.69. The topological polar surface area (TPSA) is 58.6 Å². The summed E-state index contributed by atoms with van der Waals surface area (Å²) in [6, 6.07) is 17.2. The number of amides is 1. The maximum atomic E-state index is 14.2. The first kappa shape index (κ1) is 21.2. The van der Waals surface area contributed by atoms with Gasteiger partial charge in [0, 0.05) is 39.9 Å². The van der Waals surface area contributed by atoms with Gasteiger partial charge in [0.1, 0.15) is 11.3 Å². The molecule has 0 saturated carbocycles. The second kappa shape index (κ2) is 7.87. The number of thioether (sulfide) groups is 1. The highest BCUT2D eigenvalue weighted by Crippen LogP contribution is 2.61. The number of nitrogens with one attached hydrogen (secondary N) is 1. The second-order valence-corrected chi connectivity index (χ2v) is 10.9. The number of halogens is 1. The van der Waals surface area contributed by atoms with Crippen molar-refractivity contribution in [1.82, 2.24) is 4.90 Å². The minimum atomic E-state index is -1.09. The predicted octanol–water partition coefficient (Wildman–Crippen LogP) is 5.23. The summed E-state index contributed by atoms with van der Waals surface area (Å²) in [6.45, 7) is 0. The van der Waals surface area contributed by atoms with Gasteiger partial charge in [0.2, 0.25) is 5.91 Å². The van der Waals surface area contributed by atoms with E-state index in [2.05, 4.69) is 10.2 Å². The normalized spacial score (nSPS) is 28.1. The lowest BCUT2D eigenvalue weighted by Gasteiger charge is -2.36. The zero-order valence-corrected chi connectivity index (χ0v) is 20.2. The molecule has 1 amide bonds. The summed E-state index contributed by atoms with van der Waals surface area (Å²) >= 11 is 9.43. The van der Waals surface area contributed by atoms with E-state index < -0.39 is 11.5 Å². The number of fused-ring (bicyclic) bond motifs is 4. The molecular formula is C25H21ClN2O3S2. The van der Waals surface area contributed by atoms with Crippen molar-refractivity contribution in [2.75, 3.05) is 24.1 Å². The average molecular weight is 497 g/mol. The van der Waals surface area contributed by atoms with E-state index in [9.17, 15) is 9.59 Å². The number of ketones is 1. The van der Waals surface area contributed by atoms with Crippen molar-refractivity contribution in [2.24, 2.45) is 5.92 Å². The average Bonchev–Trinajstić information content (AvgIpc) is 3.60. The largest absolute Gasteiger partial charge is 0.497 e. The summed E-state index contributed by atoms with van der Waals surface area (Å²) in [5, 5.41) is 5.65. The van der Waals surface area contributed by atoms with E-state index in [0.29, 0.717) is 21.5 Å². The lowest BCUT2D eigenvalue weighted by Crippen LogP contribution is -2.52. The van der Waals surface area contributed by atoms with Crippen molar-refractivity contribution in [3.8, 4) is 5.75 Å². The monoisotopic (exact) mass is 496 g/mol. The number of hydrogen-bond acceptors (Lipinski definition) is 6. The molecule has 0 radical (unpaired) electrons. The van der Waals surface area contributed by atoms with Gasteiger partial charge in [0.05, 0.1) is 17.9 Å². The molecule has 4 heterocycles. The molecule has 0 aliphatic carbocycles. The third-order valence-corrected chi connectivity index (χ3v) is 9.30. The number of anilines is 1. The van der Waals surface area contributed by atoms with Gasteiger partial charge in [-0.25, -0.2) is 0 Å². The maximum Gasteiger partial charge on any atom is 0.250 e. The van der Waals surface area contributed by atoms with E-state index in [1.807, 2.05) is 60.0 Å². The Balaban J connectivity index is 1.62. The lowest BCUT2D eigenvalue weighted by molar-refractivity contribution is -0.127. The van der Waals surface area contributed by atoms with Crippen LogP contribution in [0.4, 0.5) is 5.69 Å². The highest BCUT2D eigenvalue weighted by atomic mass is 35.5. The van der Waals surface area contributed by atoms with Gasteiger partial charge >= 0.3 is 0 Å². The Kier molecular flexibility index (Phi) is 5.07. The van der Waals surface area contributed by atoms with Crippen LogP contribution < -0.4 is 10.1 Å². The smallest absolute Gasteiger partial charge is 0.250 e. The number of thiophene rings is 1. The zero-order chi connectivity index (χ0) is 22.7. The molecule has 1 aromatic heterocycles. The van der Waals surface area contributed by atoms with Crippen LogP contribution in [0.25, 0.3) is 0 Å². The summed E-state index contributed by atoms with van der Waals surface area (Å²) in [6.07, 6.45) is 0. The van der Waals surface area contributed by atoms with Gasteiger partial charge in [-0.1, -0.05) is 29.8 Å². The SMILES string of the molecule is COc1ccc2c(c1)[C@@]1(C(=O)N2)[C@H](C(=O)c2cccs2)[C@@H](c2ccc(Cl)cc2)[C@@H]2CSCN21. The van der Waals surface area contributed by atoms with Crippen LogP contribution in [0.15, 0.2) is 60.0 Å². The van der Waals surface area contributed by atoms with Crippen molar-refractivity contribution in [2.45, 2.75) is 17.5 Å². The minimum absolute atomic E-state index is 0.00942. The number of benzene rings is 2. The van der Waals surface area contributed by atoms with Gasteiger partial charge in [0.15, 0.2) is 5.78 Å². The van der Waals surface area contributed by atoms with Crippen LogP contribution in [0.5, 0.6) is 5.75 Å². The first-order valence-electron chi connectivity index (χ1n) is 10.7. The van der Waals surface area contributed by atoms with Crippen LogP contribution in [0.2, 0.25) is 5.02 Å². The molecule has 2 aromatic carbocycles. The Morgan fingerprint density at radius 1 is 1.21 bits per heavy atom. The van der Waals surface area contributed by atoms with Gasteiger partial charge in [-0.3, -0.25) is 14.5 Å². The van der Waals surface area contributed by atoms with E-state index in [4.69, 9.17) is 16.3 Å². The molecule has 4 atom stereocenters. The van der Waals surface area contributed by atoms with E-state index in [0.717, 1.165) is 22.6 Å². The molecule has 8 heteroatoms. The molecule has 1 spiro atoms. The third-order valence-electron chi connectivity index (χ3n) is 7.13. The summed E-state index contributed by atoms with van der Waals surface area (Å²) in [5.74, 6) is 1.37. The van der Waals surface area contributed by atoms with Crippen LogP contribution in [0.1, 0.15) is 26.7 Å². The van der Waals surface area contributed by atoms with Gasteiger partial charge < -0.3 is 10.1 Å². The van der Waals surface area contributed by atoms with Crippen molar-refractivity contribution in [1.29, 1.82) is 0 Å². The first-order valence-corrected chi connectivity index (χ1v) is 13.1. The van der Waals surface area contributed by atoms with E-state index in [1.165, 1.54) is 11.3 Å². The van der Waals surface area contributed by atoms with Gasteiger partial charge in [0.25, 0.3) is 0 Å². The number of nitrogens with zero attached hydrogens (tertiary/aromatic N) is 1. The molecule has 3 aromatic rings. The Morgan fingerprint density at radius 3 is 2.76 bits per heavy atom. The summed E-state index contributed by atoms with van der Waals surface area (Å²) in [5.41, 5.74) is 1.51. The van der Waals surface area contributed by atoms with Crippen LogP contribution in [-0.4, -0.2) is 41.4 Å². The molecule has 168 valence electrons. The second-order valence-electron chi connectivity index (χ2n) is 8.57. The third kappa shape index (κ3) is 2.96. The van der Waals surface area contributed by atoms with E-state index >= 15 is 0 Å². The number of carbonyl (C=O) groups is 2. The molecule has 0 bridgehead atoms. The van der Waals surface area contributed by atoms with Crippen molar-refractivity contribution in [3.05, 3.63) is 81.0 Å². The van der Waals surface area contributed by atoms with Crippen LogP contribution in [0.3, 0.4) is 0 Å². The Hall–Kier alpha value is -2.32. The summed E-state index contributed by atoms with van der Waals surface area (Å²) in [4.78, 5) is 31.1. The first-order chi connectivity index (χ1) is 16.1. The standard InChI is InChI=1S/C25H21ClN2O3S2/c1-31-16-8-9-18-17(11-16)25(24(30)27-18)22(23(29)20-3-2-10-33-20)21(19-12-32-13-28(19)25)14-4-6-15(26)7-5-14/h2-11,19,21-22H,12-13H2,1H3,(H,27,30)/t19-,21-,22-,25-/m0/s1.